The first-order valence-electron chi connectivity index (χ1n) is 11.8. The molecule has 0 atom stereocenters. The summed E-state index contributed by atoms with van der Waals surface area (Å²) in [5.41, 5.74) is 11.2. The fourth-order valence-electron chi connectivity index (χ4n) is 4.25. The van der Waals surface area contributed by atoms with Gasteiger partial charge in [0, 0.05) is 30.7 Å². The van der Waals surface area contributed by atoms with E-state index in [1.807, 2.05) is 61.0 Å². The molecule has 10 nitrogen and oxygen atoms in total. The fourth-order valence-corrected chi connectivity index (χ4v) is 4.25. The number of nitrogens with one attached hydrogen (secondary N) is 1. The first kappa shape index (κ1) is 24.4. The van der Waals surface area contributed by atoms with Crippen LogP contribution >= 0.6 is 0 Å². The van der Waals surface area contributed by atoms with Gasteiger partial charge in [0.05, 0.1) is 17.7 Å². The van der Waals surface area contributed by atoms with Gasteiger partial charge in [-0.15, -0.1) is 0 Å². The Hall–Kier alpha value is -5.25. The molecule has 0 fully saturated rings. The number of nitrogens with zero attached hydrogens (tertiary/aromatic N) is 5. The zero-order valence-electron chi connectivity index (χ0n) is 20.9. The second-order valence-corrected chi connectivity index (χ2v) is 8.24. The molecule has 38 heavy (non-hydrogen) atoms. The van der Waals surface area contributed by atoms with E-state index in [-0.39, 0.29) is 11.9 Å². The zero-order chi connectivity index (χ0) is 26.6. The lowest BCUT2D eigenvalue weighted by Gasteiger charge is -2.14. The number of ether oxygens (including phenoxy) is 2. The molecule has 3 heterocycles. The minimum absolute atomic E-state index is 0.216. The number of hydrogen-bond acceptors (Lipinski definition) is 8. The Morgan fingerprint density at radius 1 is 1.05 bits per heavy atom. The van der Waals surface area contributed by atoms with Crippen molar-refractivity contribution in [1.29, 1.82) is 0 Å². The molecule has 10 heteroatoms. The second kappa shape index (κ2) is 10.4. The number of aromatic nitrogens is 5. The predicted octanol–water partition coefficient (Wildman–Crippen LogP) is 4.99. The number of aryl methyl sites for hydroxylation is 1. The van der Waals surface area contributed by atoms with Gasteiger partial charge in [-0.25, -0.2) is 19.9 Å². The Kier molecular flexibility index (Phi) is 6.68. The first-order chi connectivity index (χ1) is 18.5. The van der Waals surface area contributed by atoms with E-state index in [1.165, 1.54) is 12.4 Å². The Morgan fingerprint density at radius 3 is 2.50 bits per heavy atom. The van der Waals surface area contributed by atoms with Crippen LogP contribution in [-0.2, 0) is 11.8 Å². The van der Waals surface area contributed by atoms with Crippen LogP contribution in [0.5, 0.6) is 17.5 Å². The van der Waals surface area contributed by atoms with Gasteiger partial charge < -0.3 is 25.1 Å². The summed E-state index contributed by atoms with van der Waals surface area (Å²) in [5, 5.41) is 3.49. The minimum Gasteiger partial charge on any atom is -0.490 e. The quantitative estimate of drug-likeness (QED) is 0.281. The van der Waals surface area contributed by atoms with Gasteiger partial charge in [0.1, 0.15) is 17.8 Å². The summed E-state index contributed by atoms with van der Waals surface area (Å²) in [5.74, 6) is 1.09. The average molecular weight is 508 g/mol. The number of carbonyl (C=O) groups is 1. The number of amides is 1. The lowest BCUT2D eigenvalue weighted by atomic mass is 9.98. The molecule has 0 saturated carbocycles. The van der Waals surface area contributed by atoms with Gasteiger partial charge in [-0.05, 0) is 54.5 Å². The van der Waals surface area contributed by atoms with Crippen molar-refractivity contribution in [3.63, 3.8) is 0 Å². The lowest BCUT2D eigenvalue weighted by Crippen LogP contribution is -2.06. The molecule has 5 rings (SSSR count). The van der Waals surface area contributed by atoms with Crippen molar-refractivity contribution >= 4 is 28.4 Å². The van der Waals surface area contributed by atoms with Crippen molar-refractivity contribution in [2.24, 2.45) is 7.05 Å². The molecular weight excluding hydrogens is 482 g/mol. The summed E-state index contributed by atoms with van der Waals surface area (Å²) < 4.78 is 13.8. The summed E-state index contributed by atoms with van der Waals surface area (Å²) in [6.45, 7) is 5.83. The number of hydrogen-bond donors (Lipinski definition) is 2. The first-order valence-corrected chi connectivity index (χ1v) is 11.8. The van der Waals surface area contributed by atoms with Crippen LogP contribution in [0.4, 0.5) is 11.5 Å². The summed E-state index contributed by atoms with van der Waals surface area (Å²) in [7, 11) is 1.93. The van der Waals surface area contributed by atoms with Gasteiger partial charge in [-0.2, -0.15) is 0 Å². The molecule has 0 aliphatic carbocycles. The average Bonchev–Trinajstić information content (AvgIpc) is 3.24. The van der Waals surface area contributed by atoms with Crippen LogP contribution in [0.2, 0.25) is 0 Å². The fraction of sp³-hybridized carbons (Fsp3) is 0.107. The topological polar surface area (TPSA) is 130 Å². The number of benzene rings is 2. The van der Waals surface area contributed by atoms with Gasteiger partial charge in [0.25, 0.3) is 0 Å². The predicted molar refractivity (Wildman–Crippen MR) is 146 cm³/mol. The van der Waals surface area contributed by atoms with Gasteiger partial charge in [-0.1, -0.05) is 24.8 Å². The summed E-state index contributed by atoms with van der Waals surface area (Å²) >= 11 is 0. The van der Waals surface area contributed by atoms with Gasteiger partial charge in [0.2, 0.25) is 5.91 Å². The van der Waals surface area contributed by atoms with E-state index in [1.54, 1.807) is 18.5 Å². The molecule has 190 valence electrons. The Morgan fingerprint density at radius 2 is 1.79 bits per heavy atom. The highest BCUT2D eigenvalue weighted by atomic mass is 16.5. The van der Waals surface area contributed by atoms with Crippen LogP contribution < -0.4 is 20.5 Å². The third-order valence-corrected chi connectivity index (χ3v) is 5.88. The van der Waals surface area contributed by atoms with Gasteiger partial charge in [-0.3, -0.25) is 4.79 Å². The minimum atomic E-state index is -0.280. The van der Waals surface area contributed by atoms with Crippen LogP contribution in [0, 0.1) is 0 Å². The SMILES string of the molecule is C=CC(=O)Nc1ccc(-c2c(-c3ccc(Oc4ncccn4)c(OCC)c3)c3c(N)ncnc3n2C)cc1. The molecule has 3 N–H and O–H groups in total. The van der Waals surface area contributed by atoms with Crippen LogP contribution in [0.1, 0.15) is 6.92 Å². The normalized spacial score (nSPS) is 10.8. The van der Waals surface area contributed by atoms with E-state index in [0.717, 1.165) is 27.8 Å². The maximum Gasteiger partial charge on any atom is 0.321 e. The highest BCUT2D eigenvalue weighted by Gasteiger charge is 2.23. The Bertz CT molecular complexity index is 1630. The van der Waals surface area contributed by atoms with E-state index in [2.05, 4.69) is 31.8 Å². The number of rotatable bonds is 8. The van der Waals surface area contributed by atoms with Gasteiger partial charge in [0.15, 0.2) is 11.5 Å². The highest BCUT2D eigenvalue weighted by Crippen LogP contribution is 2.44. The molecule has 0 bridgehead atoms. The maximum absolute atomic E-state index is 11.7. The van der Waals surface area contributed by atoms with E-state index >= 15 is 0 Å². The number of carbonyl (C=O) groups excluding carboxylic acids is 1. The smallest absolute Gasteiger partial charge is 0.321 e. The van der Waals surface area contributed by atoms with Crippen LogP contribution in [0.15, 0.2) is 79.9 Å². The molecular formula is C28H25N7O3. The Labute approximate surface area is 218 Å². The third-order valence-electron chi connectivity index (χ3n) is 5.88. The number of fused-ring (bicyclic) bond motifs is 1. The molecule has 0 spiro atoms. The maximum atomic E-state index is 11.7. The number of nitrogen functional groups attached to an aromatic ring is 1. The van der Waals surface area contributed by atoms with E-state index in [4.69, 9.17) is 15.2 Å². The molecule has 1 amide bonds. The molecule has 0 unspecified atom stereocenters. The van der Waals surface area contributed by atoms with Crippen LogP contribution in [0.25, 0.3) is 33.4 Å². The largest absolute Gasteiger partial charge is 0.490 e. The zero-order valence-corrected chi connectivity index (χ0v) is 20.9. The lowest BCUT2D eigenvalue weighted by molar-refractivity contribution is -0.111. The summed E-state index contributed by atoms with van der Waals surface area (Å²) in [6, 6.07) is 15.1. The van der Waals surface area contributed by atoms with Crippen molar-refractivity contribution in [1.82, 2.24) is 24.5 Å². The summed E-state index contributed by atoms with van der Waals surface area (Å²) in [6.07, 6.45) is 5.89. The highest BCUT2D eigenvalue weighted by molar-refractivity contribution is 6.08. The van der Waals surface area contributed by atoms with Crippen molar-refractivity contribution < 1.29 is 14.3 Å². The molecule has 2 aromatic carbocycles. The molecule has 0 saturated heterocycles. The van der Waals surface area contributed by atoms with Crippen molar-refractivity contribution in [3.8, 4) is 39.9 Å². The molecule has 0 aliphatic heterocycles. The molecule has 0 radical (unpaired) electrons. The van der Waals surface area contributed by atoms with Crippen molar-refractivity contribution in [2.75, 3.05) is 17.7 Å². The standard InChI is InChI=1S/C28H25N7O3/c1-4-22(36)34-19-10-7-17(8-11-19)25-23(24-26(29)32-16-33-27(24)35(25)3)18-9-12-20(21(15-18)37-5-2)38-28-30-13-6-14-31-28/h4,6-16H,1,5H2,2-3H3,(H,34,36)(H2,29,32,33). The van der Waals surface area contributed by atoms with Gasteiger partial charge >= 0.3 is 6.01 Å². The second-order valence-electron chi connectivity index (χ2n) is 8.24. The summed E-state index contributed by atoms with van der Waals surface area (Å²) in [4.78, 5) is 28.8. The van der Waals surface area contributed by atoms with Crippen molar-refractivity contribution in [3.05, 3.63) is 79.9 Å². The Balaban J connectivity index is 1.67. The molecule has 5 aromatic rings. The van der Waals surface area contributed by atoms with Crippen LogP contribution in [0.3, 0.4) is 0 Å². The monoisotopic (exact) mass is 507 g/mol. The third kappa shape index (κ3) is 4.62. The van der Waals surface area contributed by atoms with E-state index in [9.17, 15) is 4.79 Å². The van der Waals surface area contributed by atoms with E-state index in [0.29, 0.717) is 35.3 Å². The number of anilines is 2. The van der Waals surface area contributed by atoms with E-state index < -0.39 is 0 Å². The van der Waals surface area contributed by atoms with Crippen molar-refractivity contribution in [2.45, 2.75) is 6.92 Å². The van der Waals surface area contributed by atoms with Crippen LogP contribution in [-0.4, -0.2) is 37.0 Å². The number of nitrogens with two attached hydrogens (primary N) is 1. The molecule has 3 aromatic heterocycles. The molecule has 0 aliphatic rings.